The zero-order valence-corrected chi connectivity index (χ0v) is 14.1. The number of carboxylic acids is 1. The fraction of sp³-hybridized carbons (Fsp3) is 0.533. The predicted octanol–water partition coefficient (Wildman–Crippen LogP) is 3.35. The van der Waals surface area contributed by atoms with Gasteiger partial charge in [0.05, 0.1) is 24.4 Å². The molecule has 0 fully saturated rings. The molecule has 7 heteroatoms. The molecule has 0 unspecified atom stereocenters. The Bertz CT molecular complexity index is 629. The molecule has 0 bridgehead atoms. The van der Waals surface area contributed by atoms with E-state index in [2.05, 4.69) is 24.0 Å². The molecule has 0 spiro atoms. The van der Waals surface area contributed by atoms with Crippen molar-refractivity contribution in [2.75, 3.05) is 11.4 Å². The summed E-state index contributed by atoms with van der Waals surface area (Å²) in [6.45, 7) is 8.90. The van der Waals surface area contributed by atoms with Crippen LogP contribution in [0.5, 0.6) is 0 Å². The lowest BCUT2D eigenvalue weighted by molar-refractivity contribution is -0.136. The molecule has 0 saturated carbocycles. The Balaban J connectivity index is 2.23. The first-order chi connectivity index (χ1) is 10.4. The maximum atomic E-state index is 10.9. The molecule has 2 aromatic heterocycles. The number of aromatic nitrogens is 2. The summed E-state index contributed by atoms with van der Waals surface area (Å²) in [5.74, 6) is 0.299. The van der Waals surface area contributed by atoms with E-state index in [0.717, 1.165) is 27.8 Å². The molecule has 2 rings (SSSR count). The van der Waals surface area contributed by atoms with Crippen LogP contribution in [0.2, 0.25) is 0 Å². The Morgan fingerprint density at radius 1 is 1.45 bits per heavy atom. The van der Waals surface area contributed by atoms with Gasteiger partial charge >= 0.3 is 5.97 Å². The van der Waals surface area contributed by atoms with Crippen LogP contribution in [0.25, 0.3) is 0 Å². The van der Waals surface area contributed by atoms with E-state index >= 15 is 0 Å². The minimum atomic E-state index is -0.815. The number of aryl methyl sites for hydroxylation is 2. The number of aliphatic carboxylic acids is 1. The summed E-state index contributed by atoms with van der Waals surface area (Å²) in [7, 11) is 0. The van der Waals surface area contributed by atoms with E-state index in [9.17, 15) is 4.79 Å². The molecule has 2 heterocycles. The van der Waals surface area contributed by atoms with E-state index < -0.39 is 5.97 Å². The van der Waals surface area contributed by atoms with Crippen molar-refractivity contribution in [1.29, 1.82) is 0 Å². The molecule has 22 heavy (non-hydrogen) atoms. The molecule has 0 radical (unpaired) electrons. The Kier molecular flexibility index (Phi) is 5.18. The largest absolute Gasteiger partial charge is 0.481 e. The number of rotatable bonds is 7. The normalized spacial score (nSPS) is 11.1. The van der Waals surface area contributed by atoms with E-state index in [0.29, 0.717) is 19.0 Å². The Morgan fingerprint density at radius 3 is 2.68 bits per heavy atom. The van der Waals surface area contributed by atoms with Crippen LogP contribution in [0, 0.1) is 13.8 Å². The first kappa shape index (κ1) is 16.5. The zero-order valence-electron chi connectivity index (χ0n) is 13.3. The van der Waals surface area contributed by atoms with Gasteiger partial charge in [0.2, 0.25) is 0 Å². The lowest BCUT2D eigenvalue weighted by atomic mass is 10.2. The highest BCUT2D eigenvalue weighted by Crippen LogP contribution is 2.27. The molecule has 0 atom stereocenters. The summed E-state index contributed by atoms with van der Waals surface area (Å²) >= 11 is 1.54. The van der Waals surface area contributed by atoms with Crippen molar-refractivity contribution in [3.05, 3.63) is 28.1 Å². The van der Waals surface area contributed by atoms with Crippen molar-refractivity contribution in [2.45, 2.75) is 46.6 Å². The number of thiazole rings is 1. The number of hydrogen-bond acceptors (Lipinski definition) is 6. The Morgan fingerprint density at radius 2 is 2.18 bits per heavy atom. The van der Waals surface area contributed by atoms with Gasteiger partial charge < -0.3 is 14.5 Å². The summed E-state index contributed by atoms with van der Waals surface area (Å²) in [5.41, 5.74) is 2.85. The van der Waals surface area contributed by atoms with Crippen LogP contribution in [0.4, 0.5) is 5.13 Å². The molecule has 6 nitrogen and oxygen atoms in total. The lowest BCUT2D eigenvalue weighted by Crippen LogP contribution is -2.26. The average Bonchev–Trinajstić information content (AvgIpc) is 3.04. The molecular formula is C15H21N3O3S. The second-order valence-corrected chi connectivity index (χ2v) is 6.41. The van der Waals surface area contributed by atoms with Crippen LogP contribution < -0.4 is 4.90 Å². The number of carbonyl (C=O) groups is 1. The summed E-state index contributed by atoms with van der Waals surface area (Å²) in [5, 5.41) is 15.8. The fourth-order valence-electron chi connectivity index (χ4n) is 2.08. The minimum Gasteiger partial charge on any atom is -0.481 e. The molecule has 0 amide bonds. The summed E-state index contributed by atoms with van der Waals surface area (Å²) < 4.78 is 5.19. The number of nitrogens with zero attached hydrogens (tertiary/aromatic N) is 3. The quantitative estimate of drug-likeness (QED) is 0.841. The number of hydrogen-bond donors (Lipinski definition) is 1. The van der Waals surface area contributed by atoms with Crippen molar-refractivity contribution in [1.82, 2.24) is 10.1 Å². The third kappa shape index (κ3) is 3.85. The maximum absolute atomic E-state index is 10.9. The molecule has 120 valence electrons. The fourth-order valence-corrected chi connectivity index (χ4v) is 3.09. The van der Waals surface area contributed by atoms with Crippen LogP contribution in [0.3, 0.4) is 0 Å². The SMILES string of the molecule is Cc1noc(C)c1CN(CCC(=O)O)c1nc(C(C)C)cs1. The van der Waals surface area contributed by atoms with E-state index in [1.807, 2.05) is 24.1 Å². The second-order valence-electron chi connectivity index (χ2n) is 5.58. The van der Waals surface area contributed by atoms with Gasteiger partial charge in [0, 0.05) is 17.5 Å². The lowest BCUT2D eigenvalue weighted by Gasteiger charge is -2.21. The van der Waals surface area contributed by atoms with E-state index in [4.69, 9.17) is 9.63 Å². The maximum Gasteiger partial charge on any atom is 0.305 e. The molecule has 1 N–H and O–H groups in total. The highest BCUT2D eigenvalue weighted by molar-refractivity contribution is 7.13. The van der Waals surface area contributed by atoms with Gasteiger partial charge in [0.25, 0.3) is 0 Å². The molecule has 2 aromatic rings. The summed E-state index contributed by atoms with van der Waals surface area (Å²) in [6, 6.07) is 0. The van der Waals surface area contributed by atoms with Gasteiger partial charge in [-0.3, -0.25) is 4.79 Å². The van der Waals surface area contributed by atoms with Gasteiger partial charge in [-0.2, -0.15) is 0 Å². The molecule has 0 saturated heterocycles. The number of carboxylic acid groups (broad SMARTS) is 1. The van der Waals surface area contributed by atoms with Crippen LogP contribution >= 0.6 is 11.3 Å². The zero-order chi connectivity index (χ0) is 16.3. The van der Waals surface area contributed by atoms with Gasteiger partial charge in [-0.1, -0.05) is 19.0 Å². The van der Waals surface area contributed by atoms with Crippen molar-refractivity contribution in [2.24, 2.45) is 0 Å². The first-order valence-electron chi connectivity index (χ1n) is 7.22. The molecular weight excluding hydrogens is 302 g/mol. The first-order valence-corrected chi connectivity index (χ1v) is 8.10. The van der Waals surface area contributed by atoms with E-state index in [1.165, 1.54) is 0 Å². The Hall–Kier alpha value is -1.89. The van der Waals surface area contributed by atoms with Crippen molar-refractivity contribution >= 4 is 22.4 Å². The number of anilines is 1. The molecule has 0 aliphatic heterocycles. The average molecular weight is 323 g/mol. The highest BCUT2D eigenvalue weighted by Gasteiger charge is 2.18. The topological polar surface area (TPSA) is 79.5 Å². The van der Waals surface area contributed by atoms with Crippen molar-refractivity contribution in [3.63, 3.8) is 0 Å². The molecule has 0 aromatic carbocycles. The predicted molar refractivity (Wildman–Crippen MR) is 85.5 cm³/mol. The smallest absolute Gasteiger partial charge is 0.305 e. The third-order valence-corrected chi connectivity index (χ3v) is 4.42. The van der Waals surface area contributed by atoms with Crippen molar-refractivity contribution < 1.29 is 14.4 Å². The van der Waals surface area contributed by atoms with Gasteiger partial charge in [-0.25, -0.2) is 4.98 Å². The van der Waals surface area contributed by atoms with Crippen LogP contribution in [-0.2, 0) is 11.3 Å². The monoisotopic (exact) mass is 323 g/mol. The van der Waals surface area contributed by atoms with Crippen LogP contribution in [-0.4, -0.2) is 27.8 Å². The second kappa shape index (κ2) is 6.91. The van der Waals surface area contributed by atoms with E-state index in [-0.39, 0.29) is 6.42 Å². The van der Waals surface area contributed by atoms with Gasteiger partial charge in [-0.05, 0) is 19.8 Å². The Labute approximate surface area is 133 Å². The third-order valence-electron chi connectivity index (χ3n) is 3.50. The minimum absolute atomic E-state index is 0.0694. The van der Waals surface area contributed by atoms with Crippen LogP contribution in [0.15, 0.2) is 9.90 Å². The van der Waals surface area contributed by atoms with Crippen LogP contribution in [0.1, 0.15) is 48.9 Å². The highest BCUT2D eigenvalue weighted by atomic mass is 32.1. The van der Waals surface area contributed by atoms with Crippen molar-refractivity contribution in [3.8, 4) is 0 Å². The molecule has 0 aliphatic carbocycles. The van der Waals surface area contributed by atoms with E-state index in [1.54, 1.807) is 11.3 Å². The molecule has 0 aliphatic rings. The van der Waals surface area contributed by atoms with Gasteiger partial charge in [-0.15, -0.1) is 11.3 Å². The van der Waals surface area contributed by atoms with Gasteiger partial charge in [0.1, 0.15) is 5.76 Å². The summed E-state index contributed by atoms with van der Waals surface area (Å²) in [4.78, 5) is 17.5. The van der Waals surface area contributed by atoms with Gasteiger partial charge in [0.15, 0.2) is 5.13 Å². The standard InChI is InChI=1S/C15H21N3O3S/c1-9(2)13-8-22-15(16-13)18(6-5-14(19)20)7-12-10(3)17-21-11(12)4/h8-9H,5-7H2,1-4H3,(H,19,20). The summed E-state index contributed by atoms with van der Waals surface area (Å²) in [6.07, 6.45) is 0.0694.